The fraction of sp³-hybridized carbons (Fsp3) is 0.571. The molecule has 1 aliphatic heterocycles. The summed E-state index contributed by atoms with van der Waals surface area (Å²) in [4.78, 5) is 2.40. The lowest BCUT2D eigenvalue weighted by atomic mass is 10.1. The van der Waals surface area contributed by atoms with Gasteiger partial charge >= 0.3 is 0 Å². The van der Waals surface area contributed by atoms with Gasteiger partial charge in [0, 0.05) is 18.8 Å². The predicted molar refractivity (Wildman–Crippen MR) is 73.2 cm³/mol. The predicted octanol–water partition coefficient (Wildman–Crippen LogP) is 1.64. The summed E-state index contributed by atoms with van der Waals surface area (Å²) in [5.41, 5.74) is 6.84. The molecule has 2 N–H and O–H groups in total. The van der Waals surface area contributed by atoms with E-state index in [1.807, 2.05) is 12.1 Å². The van der Waals surface area contributed by atoms with Crippen molar-refractivity contribution in [3.8, 4) is 5.75 Å². The first-order chi connectivity index (χ1) is 8.85. The molecule has 1 heterocycles. The summed E-state index contributed by atoms with van der Waals surface area (Å²) >= 11 is 0. The second kappa shape index (κ2) is 6.61. The summed E-state index contributed by atoms with van der Waals surface area (Å²) in [5.74, 6) is 0.889. The highest BCUT2D eigenvalue weighted by Crippen LogP contribution is 2.24. The molecule has 0 saturated carbocycles. The lowest BCUT2D eigenvalue weighted by Crippen LogP contribution is -2.37. The molecule has 1 aliphatic rings. The minimum atomic E-state index is 0.477. The quantitative estimate of drug-likeness (QED) is 0.834. The molecule has 4 nitrogen and oxygen atoms in total. The minimum absolute atomic E-state index is 0.477. The minimum Gasteiger partial charge on any atom is -0.497 e. The summed E-state index contributed by atoms with van der Waals surface area (Å²) in [6.07, 6.45) is 2.10. The number of hydrogen-bond acceptors (Lipinski definition) is 4. The molecular weight excluding hydrogens is 228 g/mol. The van der Waals surface area contributed by atoms with E-state index >= 15 is 0 Å². The average Bonchev–Trinajstić information content (AvgIpc) is 2.94. The standard InChI is InChI=1S/C14H22N2O2/c1-17-14-5-3-12(4-6-14)16(9-2-8-15)13-7-10-18-11-13/h3-6,13H,2,7-11,15H2,1H3. The van der Waals surface area contributed by atoms with Crippen molar-refractivity contribution in [2.75, 3.05) is 38.3 Å². The molecule has 0 radical (unpaired) electrons. The van der Waals surface area contributed by atoms with Crippen LogP contribution in [-0.4, -0.2) is 39.5 Å². The normalized spacial score (nSPS) is 18.9. The van der Waals surface area contributed by atoms with Crippen LogP contribution in [0.15, 0.2) is 24.3 Å². The van der Waals surface area contributed by atoms with Crippen molar-refractivity contribution < 1.29 is 9.47 Å². The fourth-order valence-corrected chi connectivity index (χ4v) is 2.33. The molecule has 1 fully saturated rings. The Bertz CT molecular complexity index is 347. The summed E-state index contributed by atoms with van der Waals surface area (Å²) < 4.78 is 10.7. The van der Waals surface area contributed by atoms with Crippen LogP contribution in [0.2, 0.25) is 0 Å². The van der Waals surface area contributed by atoms with Gasteiger partial charge in [0.1, 0.15) is 5.75 Å². The first kappa shape index (κ1) is 13.2. The lowest BCUT2D eigenvalue weighted by molar-refractivity contribution is 0.193. The topological polar surface area (TPSA) is 47.7 Å². The van der Waals surface area contributed by atoms with Crippen LogP contribution in [0.1, 0.15) is 12.8 Å². The van der Waals surface area contributed by atoms with Crippen LogP contribution < -0.4 is 15.4 Å². The molecular formula is C14H22N2O2. The van der Waals surface area contributed by atoms with Crippen molar-refractivity contribution in [3.05, 3.63) is 24.3 Å². The number of nitrogens with two attached hydrogens (primary N) is 1. The average molecular weight is 250 g/mol. The van der Waals surface area contributed by atoms with Gasteiger partial charge in [-0.15, -0.1) is 0 Å². The molecule has 4 heteroatoms. The second-order valence-electron chi connectivity index (χ2n) is 4.55. The highest BCUT2D eigenvalue weighted by molar-refractivity contribution is 5.50. The third-order valence-corrected chi connectivity index (χ3v) is 3.35. The third kappa shape index (κ3) is 3.15. The molecule has 1 atom stereocenters. The Morgan fingerprint density at radius 2 is 2.17 bits per heavy atom. The van der Waals surface area contributed by atoms with Crippen molar-refractivity contribution in [2.45, 2.75) is 18.9 Å². The van der Waals surface area contributed by atoms with Crippen LogP contribution in [0.25, 0.3) is 0 Å². The molecule has 1 aromatic rings. The Balaban J connectivity index is 2.10. The molecule has 0 bridgehead atoms. The zero-order valence-electron chi connectivity index (χ0n) is 11.0. The van der Waals surface area contributed by atoms with Crippen LogP contribution >= 0.6 is 0 Å². The van der Waals surface area contributed by atoms with E-state index < -0.39 is 0 Å². The Morgan fingerprint density at radius 1 is 1.39 bits per heavy atom. The molecule has 1 unspecified atom stereocenters. The number of rotatable bonds is 6. The number of ether oxygens (including phenoxy) is 2. The number of nitrogens with zero attached hydrogens (tertiary/aromatic N) is 1. The van der Waals surface area contributed by atoms with Crippen molar-refractivity contribution in [1.29, 1.82) is 0 Å². The van der Waals surface area contributed by atoms with Crippen molar-refractivity contribution in [2.24, 2.45) is 5.73 Å². The highest BCUT2D eigenvalue weighted by atomic mass is 16.5. The summed E-state index contributed by atoms with van der Waals surface area (Å²) in [7, 11) is 1.69. The maximum absolute atomic E-state index is 5.62. The van der Waals surface area contributed by atoms with E-state index in [0.29, 0.717) is 6.04 Å². The molecule has 100 valence electrons. The monoisotopic (exact) mass is 250 g/mol. The number of methoxy groups -OCH3 is 1. The highest BCUT2D eigenvalue weighted by Gasteiger charge is 2.23. The third-order valence-electron chi connectivity index (χ3n) is 3.35. The molecule has 0 spiro atoms. The molecule has 0 aliphatic carbocycles. The van der Waals surface area contributed by atoms with Crippen LogP contribution in [-0.2, 0) is 4.74 Å². The molecule has 2 rings (SSSR count). The van der Waals surface area contributed by atoms with E-state index in [1.165, 1.54) is 5.69 Å². The van der Waals surface area contributed by atoms with Crippen LogP contribution in [0.4, 0.5) is 5.69 Å². The van der Waals surface area contributed by atoms with Crippen molar-refractivity contribution in [3.63, 3.8) is 0 Å². The van der Waals surface area contributed by atoms with Crippen LogP contribution in [0, 0.1) is 0 Å². The molecule has 1 saturated heterocycles. The zero-order valence-corrected chi connectivity index (χ0v) is 11.0. The van der Waals surface area contributed by atoms with Gasteiger partial charge in [-0.25, -0.2) is 0 Å². The van der Waals surface area contributed by atoms with Gasteiger partial charge < -0.3 is 20.1 Å². The van der Waals surface area contributed by atoms with Crippen LogP contribution in [0.3, 0.4) is 0 Å². The molecule has 18 heavy (non-hydrogen) atoms. The van der Waals surface area contributed by atoms with E-state index in [2.05, 4.69) is 17.0 Å². The van der Waals surface area contributed by atoms with Gasteiger partial charge in [-0.1, -0.05) is 0 Å². The summed E-state index contributed by atoms with van der Waals surface area (Å²) in [5, 5.41) is 0. The zero-order chi connectivity index (χ0) is 12.8. The summed E-state index contributed by atoms with van der Waals surface area (Å²) in [6, 6.07) is 8.69. The number of hydrogen-bond donors (Lipinski definition) is 1. The van der Waals surface area contributed by atoms with E-state index in [0.717, 1.165) is 44.9 Å². The van der Waals surface area contributed by atoms with E-state index in [4.69, 9.17) is 15.2 Å². The number of benzene rings is 1. The molecule has 1 aromatic carbocycles. The van der Waals surface area contributed by atoms with Gasteiger partial charge in [0.2, 0.25) is 0 Å². The van der Waals surface area contributed by atoms with Gasteiger partial charge in [0.05, 0.1) is 19.8 Å². The lowest BCUT2D eigenvalue weighted by Gasteiger charge is -2.30. The van der Waals surface area contributed by atoms with Gasteiger partial charge in [-0.2, -0.15) is 0 Å². The van der Waals surface area contributed by atoms with Gasteiger partial charge in [-0.3, -0.25) is 0 Å². The summed E-state index contributed by atoms with van der Waals surface area (Å²) in [6.45, 7) is 3.38. The Kier molecular flexibility index (Phi) is 4.84. The van der Waals surface area contributed by atoms with Crippen molar-refractivity contribution in [1.82, 2.24) is 0 Å². The Hall–Kier alpha value is -1.26. The SMILES string of the molecule is COc1ccc(N(CCCN)C2CCOC2)cc1. The smallest absolute Gasteiger partial charge is 0.119 e. The van der Waals surface area contributed by atoms with Crippen molar-refractivity contribution >= 4 is 5.69 Å². The molecule has 0 amide bonds. The maximum atomic E-state index is 5.62. The first-order valence-electron chi connectivity index (χ1n) is 6.53. The van der Waals surface area contributed by atoms with Crippen LogP contribution in [0.5, 0.6) is 5.75 Å². The largest absolute Gasteiger partial charge is 0.497 e. The Labute approximate surface area is 109 Å². The molecule has 0 aromatic heterocycles. The van der Waals surface area contributed by atoms with E-state index in [9.17, 15) is 0 Å². The Morgan fingerprint density at radius 3 is 2.72 bits per heavy atom. The van der Waals surface area contributed by atoms with E-state index in [-0.39, 0.29) is 0 Å². The van der Waals surface area contributed by atoms with E-state index in [1.54, 1.807) is 7.11 Å². The van der Waals surface area contributed by atoms with Gasteiger partial charge in [0.15, 0.2) is 0 Å². The fourth-order valence-electron chi connectivity index (χ4n) is 2.33. The second-order valence-corrected chi connectivity index (χ2v) is 4.55. The van der Waals surface area contributed by atoms with Gasteiger partial charge in [0.25, 0.3) is 0 Å². The first-order valence-corrected chi connectivity index (χ1v) is 6.53. The number of anilines is 1. The van der Waals surface area contributed by atoms with Gasteiger partial charge in [-0.05, 0) is 43.7 Å². The maximum Gasteiger partial charge on any atom is 0.119 e.